The topological polar surface area (TPSA) is 32.8 Å². The zero-order valence-corrected chi connectivity index (χ0v) is 39.9. The molecule has 0 unspecified atom stereocenters. The van der Waals surface area contributed by atoms with Crippen LogP contribution in [0.3, 0.4) is 0 Å². The zero-order valence-electron chi connectivity index (χ0n) is 39.9. The number of hydrogen-bond donors (Lipinski definition) is 0. The Balaban J connectivity index is 1.08. The molecule has 0 saturated carbocycles. The van der Waals surface area contributed by atoms with E-state index < -0.39 is 0 Å². The van der Waals surface area contributed by atoms with Crippen LogP contribution < -0.4 is 9.80 Å². The van der Waals surface area contributed by atoms with Crippen LogP contribution in [0.2, 0.25) is 0 Å². The fraction of sp³-hybridized carbons (Fsp3) is 0.156. The molecule has 2 heterocycles. The molecule has 68 heavy (non-hydrogen) atoms. The Morgan fingerprint density at radius 1 is 0.353 bits per heavy atom. The summed E-state index contributed by atoms with van der Waals surface area (Å²) in [7, 11) is 0. The van der Waals surface area contributed by atoms with Gasteiger partial charge >= 0.3 is 0 Å². The predicted molar refractivity (Wildman–Crippen MR) is 284 cm³/mol. The minimum absolute atomic E-state index is 0.360. The number of para-hydroxylation sites is 2. The molecule has 9 aromatic carbocycles. The highest BCUT2D eigenvalue weighted by Crippen LogP contribution is 2.62. The van der Waals surface area contributed by atoms with Crippen LogP contribution in [0.15, 0.2) is 179 Å². The van der Waals surface area contributed by atoms with E-state index in [1.807, 2.05) is 0 Å². The van der Waals surface area contributed by atoms with Gasteiger partial charge in [0.25, 0.3) is 0 Å². The summed E-state index contributed by atoms with van der Waals surface area (Å²) in [4.78, 5) is 4.81. The SMILES string of the molecule is Cc1ccc(N(c2ccc(C)cc2)c2cc3c(c4c2oc2ccccc24)-c2cc4c(cc2C3(C)C)-c2c(cc(N(c3ccc(C)cc3)c3ccc(C)cc3)c3c2oc2ccccc23)C4(C)C)cc1. The second kappa shape index (κ2) is 14.3. The fourth-order valence-electron chi connectivity index (χ4n) is 11.6. The van der Waals surface area contributed by atoms with Gasteiger partial charge in [-0.15, -0.1) is 0 Å². The van der Waals surface area contributed by atoms with Gasteiger partial charge in [-0.3, -0.25) is 0 Å². The number of fused-ring (bicyclic) bond motifs is 14. The Bertz CT molecular complexity index is 3770. The molecule has 0 amide bonds. The molecule has 4 nitrogen and oxygen atoms in total. The van der Waals surface area contributed by atoms with E-state index in [4.69, 9.17) is 8.83 Å². The Morgan fingerprint density at radius 2 is 0.721 bits per heavy atom. The van der Waals surface area contributed by atoms with Gasteiger partial charge in [-0.2, -0.15) is 0 Å². The molecule has 11 aromatic rings. The third-order valence-electron chi connectivity index (χ3n) is 15.3. The lowest BCUT2D eigenvalue weighted by atomic mass is 9.79. The molecule has 0 bridgehead atoms. The highest BCUT2D eigenvalue weighted by atomic mass is 16.3. The highest BCUT2D eigenvalue weighted by Gasteiger charge is 2.45. The van der Waals surface area contributed by atoms with Gasteiger partial charge in [0, 0.05) is 55.3 Å². The molecule has 13 rings (SSSR count). The van der Waals surface area contributed by atoms with Crippen molar-refractivity contribution in [1.82, 2.24) is 0 Å². The molecule has 0 saturated heterocycles. The van der Waals surface area contributed by atoms with Gasteiger partial charge in [-0.1, -0.05) is 135 Å². The first-order chi connectivity index (χ1) is 32.9. The van der Waals surface area contributed by atoms with E-state index in [-0.39, 0.29) is 10.8 Å². The smallest absolute Gasteiger partial charge is 0.160 e. The Morgan fingerprint density at radius 3 is 1.19 bits per heavy atom. The number of nitrogens with zero attached hydrogens (tertiary/aromatic N) is 2. The Kier molecular flexibility index (Phi) is 8.53. The Labute approximate surface area is 397 Å². The summed E-state index contributed by atoms with van der Waals surface area (Å²) >= 11 is 0. The average Bonchev–Trinajstić information content (AvgIpc) is 4.04. The summed E-state index contributed by atoms with van der Waals surface area (Å²) in [6.07, 6.45) is 0. The maximum absolute atomic E-state index is 7.17. The molecule has 0 aliphatic heterocycles. The van der Waals surface area contributed by atoms with Crippen molar-refractivity contribution >= 4 is 78.0 Å². The van der Waals surface area contributed by atoms with Crippen molar-refractivity contribution in [3.05, 3.63) is 214 Å². The van der Waals surface area contributed by atoms with E-state index in [0.29, 0.717) is 0 Å². The summed E-state index contributed by atoms with van der Waals surface area (Å²) in [6, 6.07) is 62.6. The average molecular weight is 881 g/mol. The molecule has 2 aliphatic rings. The number of aryl methyl sites for hydroxylation is 4. The molecule has 4 heteroatoms. The lowest BCUT2D eigenvalue weighted by molar-refractivity contribution is 0.649. The van der Waals surface area contributed by atoms with Gasteiger partial charge < -0.3 is 18.6 Å². The summed E-state index contributed by atoms with van der Waals surface area (Å²) in [5, 5.41) is 4.51. The third-order valence-corrected chi connectivity index (χ3v) is 15.3. The minimum Gasteiger partial charge on any atom is -0.455 e. The molecule has 0 spiro atoms. The largest absolute Gasteiger partial charge is 0.455 e. The van der Waals surface area contributed by atoms with Gasteiger partial charge in [-0.05, 0) is 152 Å². The van der Waals surface area contributed by atoms with Crippen LogP contribution in [0.4, 0.5) is 34.1 Å². The number of furan rings is 2. The minimum atomic E-state index is -0.369. The van der Waals surface area contributed by atoms with E-state index in [1.165, 1.54) is 66.8 Å². The molecular formula is C64H52N2O2. The molecule has 330 valence electrons. The maximum Gasteiger partial charge on any atom is 0.160 e. The first-order valence-corrected chi connectivity index (χ1v) is 23.9. The van der Waals surface area contributed by atoms with Crippen molar-refractivity contribution in [2.45, 2.75) is 66.2 Å². The van der Waals surface area contributed by atoms with E-state index in [9.17, 15) is 0 Å². The second-order valence-electron chi connectivity index (χ2n) is 20.4. The number of benzene rings is 9. The van der Waals surface area contributed by atoms with Crippen LogP contribution in [0.25, 0.3) is 66.1 Å². The van der Waals surface area contributed by atoms with Crippen LogP contribution >= 0.6 is 0 Å². The summed E-state index contributed by atoms with van der Waals surface area (Å²) in [6.45, 7) is 18.2. The van der Waals surface area contributed by atoms with Crippen LogP contribution in [0.1, 0.15) is 72.2 Å². The number of hydrogen-bond acceptors (Lipinski definition) is 4. The monoisotopic (exact) mass is 880 g/mol. The molecule has 2 aliphatic carbocycles. The summed E-state index contributed by atoms with van der Waals surface area (Å²) in [5.74, 6) is 0. The van der Waals surface area contributed by atoms with E-state index in [2.05, 4.69) is 235 Å². The first kappa shape index (κ1) is 40.5. The molecule has 0 radical (unpaired) electrons. The predicted octanol–water partition coefficient (Wildman–Crippen LogP) is 18.3. The van der Waals surface area contributed by atoms with E-state index >= 15 is 0 Å². The normalized spacial score (nSPS) is 14.1. The molecule has 0 fully saturated rings. The van der Waals surface area contributed by atoms with Crippen LogP contribution in [-0.4, -0.2) is 0 Å². The summed E-state index contributed by atoms with van der Waals surface area (Å²) < 4.78 is 14.3. The third kappa shape index (κ3) is 5.73. The van der Waals surface area contributed by atoms with Crippen molar-refractivity contribution < 1.29 is 8.83 Å². The lowest BCUT2D eigenvalue weighted by Crippen LogP contribution is -2.18. The van der Waals surface area contributed by atoms with Gasteiger partial charge in [0.05, 0.1) is 16.8 Å². The maximum atomic E-state index is 7.17. The Hall–Kier alpha value is -7.82. The van der Waals surface area contributed by atoms with Crippen LogP contribution in [0.5, 0.6) is 0 Å². The van der Waals surface area contributed by atoms with Crippen LogP contribution in [-0.2, 0) is 10.8 Å². The summed E-state index contributed by atoms with van der Waals surface area (Å²) in [5.41, 5.74) is 24.4. The first-order valence-electron chi connectivity index (χ1n) is 23.9. The van der Waals surface area contributed by atoms with E-state index in [1.54, 1.807) is 0 Å². The van der Waals surface area contributed by atoms with Crippen molar-refractivity contribution in [3.8, 4) is 22.3 Å². The van der Waals surface area contributed by atoms with Crippen molar-refractivity contribution in [2.75, 3.05) is 9.80 Å². The second-order valence-corrected chi connectivity index (χ2v) is 20.4. The molecule has 0 atom stereocenters. The standard InChI is InChI=1S/C64H52N2O2/c1-37-17-25-41(26-18-37)65(42-27-19-38(2)20-28-42)53-35-52-58(62-59(53)45-13-9-11-15-55(45)68-62)48-34-49-47(33-50(48)64(52,7)8)57-51(63(49,5)6)36-54(61-60(57)46-14-10-12-16-56(46)67-61)66(43-29-21-39(3)22-30-43)44-31-23-40(4)24-32-44/h9-36H,1-8H3. The molecule has 0 N–H and O–H groups in total. The molecular weight excluding hydrogens is 829 g/mol. The highest BCUT2D eigenvalue weighted by molar-refractivity contribution is 6.21. The van der Waals surface area contributed by atoms with E-state index in [0.717, 1.165) is 78.0 Å². The van der Waals surface area contributed by atoms with Crippen LogP contribution in [0, 0.1) is 27.7 Å². The van der Waals surface area contributed by atoms with Gasteiger partial charge in [0.15, 0.2) is 5.58 Å². The van der Waals surface area contributed by atoms with Gasteiger partial charge in [0.2, 0.25) is 0 Å². The van der Waals surface area contributed by atoms with Crippen molar-refractivity contribution in [1.29, 1.82) is 0 Å². The van der Waals surface area contributed by atoms with Crippen molar-refractivity contribution in [2.24, 2.45) is 0 Å². The quantitative estimate of drug-likeness (QED) is 0.167. The van der Waals surface area contributed by atoms with Gasteiger partial charge in [0.1, 0.15) is 16.7 Å². The number of rotatable bonds is 6. The van der Waals surface area contributed by atoms with Crippen molar-refractivity contribution in [3.63, 3.8) is 0 Å². The lowest BCUT2D eigenvalue weighted by Gasteiger charge is -2.29. The van der Waals surface area contributed by atoms with Gasteiger partial charge in [-0.25, -0.2) is 0 Å². The zero-order chi connectivity index (χ0) is 46.4. The fourth-order valence-corrected chi connectivity index (χ4v) is 11.6. The number of anilines is 6. The molecule has 2 aromatic heterocycles.